The summed E-state index contributed by atoms with van der Waals surface area (Å²) in [7, 11) is 0. The number of hydrogen-bond donors (Lipinski definition) is 1. The van der Waals surface area contributed by atoms with E-state index in [1.807, 2.05) is 11.8 Å². The average Bonchev–Trinajstić information content (AvgIpc) is 2.57. The lowest BCUT2D eigenvalue weighted by Gasteiger charge is -1.97. The Morgan fingerprint density at radius 1 is 1.43 bits per heavy atom. The second-order valence-corrected chi connectivity index (χ2v) is 5.33. The van der Waals surface area contributed by atoms with E-state index in [1.165, 1.54) is 22.2 Å². The molecular formula is C11H12BrNS. The molecule has 2 aromatic rings. The predicted octanol–water partition coefficient (Wildman–Crippen LogP) is 4.18. The summed E-state index contributed by atoms with van der Waals surface area (Å²) in [6.45, 7) is 2.19. The third-order valence-corrected chi connectivity index (χ3v) is 3.61. The van der Waals surface area contributed by atoms with E-state index >= 15 is 0 Å². The van der Waals surface area contributed by atoms with Crippen LogP contribution in [0, 0.1) is 0 Å². The molecule has 0 saturated carbocycles. The van der Waals surface area contributed by atoms with Gasteiger partial charge in [-0.05, 0) is 23.4 Å². The van der Waals surface area contributed by atoms with Crippen molar-refractivity contribution in [3.05, 3.63) is 34.4 Å². The van der Waals surface area contributed by atoms with Crippen molar-refractivity contribution in [3.63, 3.8) is 0 Å². The lowest BCUT2D eigenvalue weighted by atomic mass is 10.2. The molecule has 74 valence electrons. The van der Waals surface area contributed by atoms with E-state index in [1.54, 1.807) is 0 Å². The van der Waals surface area contributed by atoms with Crippen molar-refractivity contribution < 1.29 is 0 Å². The molecule has 0 bridgehead atoms. The molecule has 0 aliphatic carbocycles. The normalized spacial score (nSPS) is 11.0. The highest BCUT2D eigenvalue weighted by molar-refractivity contribution is 9.10. The second kappa shape index (κ2) is 4.41. The van der Waals surface area contributed by atoms with Gasteiger partial charge in [-0.2, -0.15) is 11.8 Å². The van der Waals surface area contributed by atoms with E-state index < -0.39 is 0 Å². The molecule has 0 spiro atoms. The molecule has 0 saturated heterocycles. The Hall–Kier alpha value is -0.410. The number of halogens is 1. The Morgan fingerprint density at radius 3 is 3.07 bits per heavy atom. The van der Waals surface area contributed by atoms with E-state index in [0.717, 1.165) is 10.2 Å². The molecule has 14 heavy (non-hydrogen) atoms. The minimum absolute atomic E-state index is 1.10. The molecule has 3 heteroatoms. The van der Waals surface area contributed by atoms with Gasteiger partial charge in [0.05, 0.1) is 0 Å². The Kier molecular flexibility index (Phi) is 3.19. The number of aromatic nitrogens is 1. The van der Waals surface area contributed by atoms with Crippen molar-refractivity contribution in [3.8, 4) is 0 Å². The monoisotopic (exact) mass is 269 g/mol. The maximum absolute atomic E-state index is 3.47. The first-order valence-corrected chi connectivity index (χ1v) is 6.59. The van der Waals surface area contributed by atoms with Crippen LogP contribution in [0.5, 0.6) is 0 Å². The highest BCUT2D eigenvalue weighted by Gasteiger charge is 2.02. The maximum atomic E-state index is 3.47. The first-order chi connectivity index (χ1) is 6.81. The van der Waals surface area contributed by atoms with Crippen LogP contribution in [0.25, 0.3) is 10.9 Å². The molecule has 1 aromatic carbocycles. The molecule has 0 aliphatic heterocycles. The zero-order valence-electron chi connectivity index (χ0n) is 8.01. The Morgan fingerprint density at radius 2 is 2.29 bits per heavy atom. The fourth-order valence-corrected chi connectivity index (χ4v) is 2.51. The molecular weight excluding hydrogens is 258 g/mol. The minimum Gasteiger partial charge on any atom is -0.361 e. The zero-order valence-corrected chi connectivity index (χ0v) is 10.4. The van der Waals surface area contributed by atoms with Crippen LogP contribution in [0.1, 0.15) is 12.5 Å². The maximum Gasteiger partial charge on any atom is 0.0468 e. The lowest BCUT2D eigenvalue weighted by Crippen LogP contribution is -1.77. The molecule has 1 heterocycles. The van der Waals surface area contributed by atoms with Gasteiger partial charge in [0.2, 0.25) is 0 Å². The Bertz CT molecular complexity index is 436. The summed E-state index contributed by atoms with van der Waals surface area (Å²) in [4.78, 5) is 3.29. The minimum atomic E-state index is 1.10. The van der Waals surface area contributed by atoms with Crippen molar-refractivity contribution in [1.29, 1.82) is 0 Å². The van der Waals surface area contributed by atoms with Gasteiger partial charge in [0.15, 0.2) is 0 Å². The quantitative estimate of drug-likeness (QED) is 0.884. The van der Waals surface area contributed by atoms with Gasteiger partial charge in [0, 0.05) is 27.3 Å². The van der Waals surface area contributed by atoms with Crippen molar-refractivity contribution in [2.75, 3.05) is 5.75 Å². The summed E-state index contributed by atoms with van der Waals surface area (Å²) in [5, 5.41) is 1.34. The van der Waals surface area contributed by atoms with Crippen LogP contribution in [0.15, 0.2) is 28.9 Å². The topological polar surface area (TPSA) is 15.8 Å². The van der Waals surface area contributed by atoms with E-state index in [-0.39, 0.29) is 0 Å². The molecule has 1 N–H and O–H groups in total. The van der Waals surface area contributed by atoms with Crippen LogP contribution in [0.4, 0.5) is 0 Å². The van der Waals surface area contributed by atoms with E-state index in [4.69, 9.17) is 0 Å². The van der Waals surface area contributed by atoms with Crippen molar-refractivity contribution in [1.82, 2.24) is 4.98 Å². The summed E-state index contributed by atoms with van der Waals surface area (Å²) in [6.07, 6.45) is 2.11. The fraction of sp³-hybridized carbons (Fsp3) is 0.273. The molecule has 0 radical (unpaired) electrons. The fourth-order valence-electron chi connectivity index (χ4n) is 1.49. The molecule has 0 unspecified atom stereocenters. The second-order valence-electron chi connectivity index (χ2n) is 3.14. The van der Waals surface area contributed by atoms with Crippen molar-refractivity contribution in [2.45, 2.75) is 12.7 Å². The highest BCUT2D eigenvalue weighted by Crippen LogP contribution is 2.25. The molecule has 0 atom stereocenters. The average molecular weight is 270 g/mol. The largest absolute Gasteiger partial charge is 0.361 e. The summed E-state index contributed by atoms with van der Waals surface area (Å²) in [5.41, 5.74) is 2.62. The van der Waals surface area contributed by atoms with Crippen LogP contribution >= 0.6 is 27.7 Å². The van der Waals surface area contributed by atoms with Crippen molar-refractivity contribution >= 4 is 38.6 Å². The summed E-state index contributed by atoms with van der Waals surface area (Å²) >= 11 is 5.42. The SMILES string of the molecule is CCSCc1c[nH]c2cc(Br)ccc12. The lowest BCUT2D eigenvalue weighted by molar-refractivity contribution is 1.39. The smallest absolute Gasteiger partial charge is 0.0468 e. The van der Waals surface area contributed by atoms with Gasteiger partial charge >= 0.3 is 0 Å². The van der Waals surface area contributed by atoms with Gasteiger partial charge in [-0.3, -0.25) is 0 Å². The first kappa shape index (κ1) is 10.1. The van der Waals surface area contributed by atoms with Gasteiger partial charge in [0.25, 0.3) is 0 Å². The van der Waals surface area contributed by atoms with Crippen LogP contribution in [-0.2, 0) is 5.75 Å². The molecule has 0 aliphatic rings. The third kappa shape index (κ3) is 1.98. The molecule has 0 amide bonds. The molecule has 0 fully saturated rings. The number of hydrogen-bond acceptors (Lipinski definition) is 1. The van der Waals surface area contributed by atoms with Crippen LogP contribution in [0.3, 0.4) is 0 Å². The van der Waals surface area contributed by atoms with Crippen molar-refractivity contribution in [2.24, 2.45) is 0 Å². The summed E-state index contributed by atoms with van der Waals surface area (Å²) < 4.78 is 1.13. The molecule has 1 aromatic heterocycles. The van der Waals surface area contributed by atoms with E-state index in [2.05, 4.69) is 52.2 Å². The van der Waals surface area contributed by atoms with Crippen LogP contribution in [0.2, 0.25) is 0 Å². The third-order valence-electron chi connectivity index (χ3n) is 2.19. The van der Waals surface area contributed by atoms with E-state index in [9.17, 15) is 0 Å². The number of nitrogens with one attached hydrogen (secondary N) is 1. The van der Waals surface area contributed by atoms with E-state index in [0.29, 0.717) is 0 Å². The van der Waals surface area contributed by atoms with Gasteiger partial charge in [-0.1, -0.05) is 28.9 Å². The first-order valence-electron chi connectivity index (χ1n) is 4.64. The standard InChI is InChI=1S/C11H12BrNS/c1-2-14-7-8-6-13-11-5-9(12)3-4-10(8)11/h3-6,13H,2,7H2,1H3. The number of H-pyrrole nitrogens is 1. The number of fused-ring (bicyclic) bond motifs is 1. The zero-order chi connectivity index (χ0) is 9.97. The summed E-state index contributed by atoms with van der Waals surface area (Å²) in [6, 6.07) is 6.38. The van der Waals surface area contributed by atoms with Gasteiger partial charge in [-0.15, -0.1) is 0 Å². The van der Waals surface area contributed by atoms with Gasteiger partial charge in [-0.25, -0.2) is 0 Å². The van der Waals surface area contributed by atoms with Crippen LogP contribution < -0.4 is 0 Å². The molecule has 2 rings (SSSR count). The number of thioether (sulfide) groups is 1. The van der Waals surface area contributed by atoms with Crippen LogP contribution in [-0.4, -0.2) is 10.7 Å². The number of aromatic amines is 1. The summed E-state index contributed by atoms with van der Waals surface area (Å²) in [5.74, 6) is 2.27. The Balaban J connectivity index is 2.37. The van der Waals surface area contributed by atoms with Gasteiger partial charge < -0.3 is 4.98 Å². The highest BCUT2D eigenvalue weighted by atomic mass is 79.9. The number of benzene rings is 1. The number of rotatable bonds is 3. The Labute approximate surface area is 96.4 Å². The predicted molar refractivity (Wildman–Crippen MR) is 67.8 cm³/mol. The van der Waals surface area contributed by atoms with Gasteiger partial charge in [0.1, 0.15) is 0 Å². The molecule has 1 nitrogen and oxygen atoms in total.